The van der Waals surface area contributed by atoms with Crippen LogP contribution in [0, 0.1) is 6.92 Å². The number of benzene rings is 3. The Morgan fingerprint density at radius 1 is 0.870 bits per heavy atom. The van der Waals surface area contributed by atoms with Gasteiger partial charge in [0.2, 0.25) is 5.43 Å². The SMILES string of the molecule is Cc1oc2c(cc(O)c3ccccc32)c(=O)c1-c1ccccc1. The third-order valence-electron chi connectivity index (χ3n) is 4.11. The van der Waals surface area contributed by atoms with Gasteiger partial charge in [-0.15, -0.1) is 0 Å². The van der Waals surface area contributed by atoms with E-state index in [0.717, 1.165) is 10.9 Å². The minimum atomic E-state index is -0.129. The van der Waals surface area contributed by atoms with Gasteiger partial charge in [-0.2, -0.15) is 0 Å². The fraction of sp³-hybridized carbons (Fsp3) is 0.0500. The third-order valence-corrected chi connectivity index (χ3v) is 4.11. The maximum atomic E-state index is 13.0. The van der Waals surface area contributed by atoms with E-state index in [9.17, 15) is 9.90 Å². The quantitative estimate of drug-likeness (QED) is 0.522. The van der Waals surface area contributed by atoms with Crippen molar-refractivity contribution in [2.75, 3.05) is 0 Å². The molecule has 0 aliphatic rings. The number of aryl methyl sites for hydroxylation is 1. The molecule has 3 nitrogen and oxygen atoms in total. The van der Waals surface area contributed by atoms with E-state index in [1.165, 1.54) is 6.07 Å². The molecule has 3 heteroatoms. The molecule has 112 valence electrons. The smallest absolute Gasteiger partial charge is 0.200 e. The molecule has 1 N–H and O–H groups in total. The molecule has 1 aromatic heterocycles. The van der Waals surface area contributed by atoms with Crippen LogP contribution >= 0.6 is 0 Å². The summed E-state index contributed by atoms with van der Waals surface area (Å²) in [4.78, 5) is 13.0. The number of aromatic hydroxyl groups is 1. The van der Waals surface area contributed by atoms with Crippen LogP contribution in [0.3, 0.4) is 0 Å². The molecule has 0 aliphatic heterocycles. The zero-order chi connectivity index (χ0) is 16.0. The number of phenols is 1. The fourth-order valence-corrected chi connectivity index (χ4v) is 3.05. The van der Waals surface area contributed by atoms with Crippen molar-refractivity contribution in [1.29, 1.82) is 0 Å². The molecule has 4 aromatic rings. The second-order valence-electron chi connectivity index (χ2n) is 5.55. The van der Waals surface area contributed by atoms with Crippen LogP contribution in [0.1, 0.15) is 5.76 Å². The molecule has 0 bridgehead atoms. The molecule has 1 heterocycles. The van der Waals surface area contributed by atoms with Gasteiger partial charge in [0, 0.05) is 10.8 Å². The largest absolute Gasteiger partial charge is 0.507 e. The highest BCUT2D eigenvalue weighted by atomic mass is 16.3. The highest BCUT2D eigenvalue weighted by Gasteiger charge is 2.16. The molecule has 0 saturated carbocycles. The normalized spacial score (nSPS) is 11.2. The zero-order valence-electron chi connectivity index (χ0n) is 12.5. The zero-order valence-corrected chi connectivity index (χ0v) is 12.5. The van der Waals surface area contributed by atoms with E-state index in [-0.39, 0.29) is 11.2 Å². The monoisotopic (exact) mass is 302 g/mol. The Labute approximate surface area is 132 Å². The van der Waals surface area contributed by atoms with Crippen molar-refractivity contribution < 1.29 is 9.52 Å². The predicted molar refractivity (Wildman–Crippen MR) is 91.8 cm³/mol. The average Bonchev–Trinajstić information content (AvgIpc) is 2.57. The third kappa shape index (κ3) is 2.01. The summed E-state index contributed by atoms with van der Waals surface area (Å²) in [7, 11) is 0. The Kier molecular flexibility index (Phi) is 2.95. The van der Waals surface area contributed by atoms with Gasteiger partial charge in [0.1, 0.15) is 17.1 Å². The molecular formula is C20H14O3. The van der Waals surface area contributed by atoms with Crippen LogP contribution in [0.2, 0.25) is 0 Å². The highest BCUT2D eigenvalue weighted by Crippen LogP contribution is 2.33. The van der Waals surface area contributed by atoms with Crippen molar-refractivity contribution in [1.82, 2.24) is 0 Å². The standard InChI is InChI=1S/C20H14O3/c1-12-18(13-7-3-2-4-8-13)19(22)16-11-17(21)14-9-5-6-10-15(14)20(16)23-12/h2-11,21H,1H3. The van der Waals surface area contributed by atoms with Gasteiger partial charge >= 0.3 is 0 Å². The van der Waals surface area contributed by atoms with Crippen molar-refractivity contribution in [2.24, 2.45) is 0 Å². The first-order valence-corrected chi connectivity index (χ1v) is 7.40. The summed E-state index contributed by atoms with van der Waals surface area (Å²) < 4.78 is 5.99. The topological polar surface area (TPSA) is 50.4 Å². The van der Waals surface area contributed by atoms with E-state index in [1.54, 1.807) is 6.92 Å². The molecule has 0 spiro atoms. The fourth-order valence-electron chi connectivity index (χ4n) is 3.05. The number of rotatable bonds is 1. The van der Waals surface area contributed by atoms with E-state index < -0.39 is 0 Å². The van der Waals surface area contributed by atoms with Gasteiger partial charge < -0.3 is 9.52 Å². The molecule has 0 fully saturated rings. The van der Waals surface area contributed by atoms with Crippen LogP contribution in [0.4, 0.5) is 0 Å². The molecule has 0 unspecified atom stereocenters. The van der Waals surface area contributed by atoms with Crippen molar-refractivity contribution in [3.8, 4) is 16.9 Å². The first-order chi connectivity index (χ1) is 11.2. The molecule has 0 atom stereocenters. The summed E-state index contributed by atoms with van der Waals surface area (Å²) in [5.41, 5.74) is 1.73. The lowest BCUT2D eigenvalue weighted by Crippen LogP contribution is -2.07. The van der Waals surface area contributed by atoms with Gasteiger partial charge in [-0.05, 0) is 18.6 Å². The summed E-state index contributed by atoms with van der Waals surface area (Å²) >= 11 is 0. The highest BCUT2D eigenvalue weighted by molar-refractivity contribution is 6.07. The van der Waals surface area contributed by atoms with Crippen molar-refractivity contribution in [2.45, 2.75) is 6.92 Å². The van der Waals surface area contributed by atoms with E-state index >= 15 is 0 Å². The lowest BCUT2D eigenvalue weighted by molar-refractivity contribution is 0.481. The molecule has 0 saturated heterocycles. The van der Waals surface area contributed by atoms with Crippen LogP contribution in [-0.2, 0) is 0 Å². The van der Waals surface area contributed by atoms with E-state index in [4.69, 9.17) is 4.42 Å². The van der Waals surface area contributed by atoms with E-state index in [2.05, 4.69) is 0 Å². The molecule has 3 aromatic carbocycles. The van der Waals surface area contributed by atoms with Crippen molar-refractivity contribution >= 4 is 21.7 Å². The molecule has 4 rings (SSSR count). The summed E-state index contributed by atoms with van der Waals surface area (Å²) in [6.07, 6.45) is 0. The van der Waals surface area contributed by atoms with E-state index in [0.29, 0.717) is 27.7 Å². The van der Waals surface area contributed by atoms with Gasteiger partial charge in [-0.3, -0.25) is 4.79 Å². The summed E-state index contributed by atoms with van der Waals surface area (Å²) in [5, 5.41) is 12.1. The minimum Gasteiger partial charge on any atom is -0.507 e. The first-order valence-electron chi connectivity index (χ1n) is 7.40. The van der Waals surface area contributed by atoms with Gasteiger partial charge in [-0.1, -0.05) is 54.6 Å². The Hall–Kier alpha value is -3.07. The minimum absolute atomic E-state index is 0.0864. The van der Waals surface area contributed by atoms with Gasteiger partial charge in [0.25, 0.3) is 0 Å². The molecule has 0 amide bonds. The predicted octanol–water partition coefficient (Wildman–Crippen LogP) is 4.63. The second-order valence-corrected chi connectivity index (χ2v) is 5.55. The summed E-state index contributed by atoms with van der Waals surface area (Å²) in [6, 6.07) is 18.3. The maximum Gasteiger partial charge on any atom is 0.200 e. The lowest BCUT2D eigenvalue weighted by Gasteiger charge is -2.10. The lowest BCUT2D eigenvalue weighted by atomic mass is 10.00. The van der Waals surface area contributed by atoms with Gasteiger partial charge in [-0.25, -0.2) is 0 Å². The summed E-state index contributed by atoms with van der Waals surface area (Å²) in [5.74, 6) is 0.660. The Bertz CT molecular complexity index is 1090. The average molecular weight is 302 g/mol. The molecule has 23 heavy (non-hydrogen) atoms. The Morgan fingerprint density at radius 3 is 2.26 bits per heavy atom. The van der Waals surface area contributed by atoms with Gasteiger partial charge in [0.15, 0.2) is 0 Å². The van der Waals surface area contributed by atoms with Gasteiger partial charge in [0.05, 0.1) is 10.9 Å². The number of hydrogen-bond donors (Lipinski definition) is 1. The number of fused-ring (bicyclic) bond motifs is 3. The van der Waals surface area contributed by atoms with Crippen LogP contribution in [0.5, 0.6) is 5.75 Å². The van der Waals surface area contributed by atoms with Crippen LogP contribution < -0.4 is 5.43 Å². The molecule has 0 radical (unpaired) electrons. The molecule has 0 aliphatic carbocycles. The van der Waals surface area contributed by atoms with Crippen molar-refractivity contribution in [3.05, 3.63) is 76.6 Å². The number of hydrogen-bond acceptors (Lipinski definition) is 3. The van der Waals surface area contributed by atoms with Crippen LogP contribution in [-0.4, -0.2) is 5.11 Å². The maximum absolute atomic E-state index is 13.0. The summed E-state index contributed by atoms with van der Waals surface area (Å²) in [6.45, 7) is 1.80. The number of phenolic OH excluding ortho intramolecular Hbond substituents is 1. The van der Waals surface area contributed by atoms with E-state index in [1.807, 2.05) is 54.6 Å². The van der Waals surface area contributed by atoms with Crippen LogP contribution in [0.15, 0.2) is 69.9 Å². The second kappa shape index (κ2) is 4.99. The first kappa shape index (κ1) is 13.6. The Morgan fingerprint density at radius 2 is 1.52 bits per heavy atom. The van der Waals surface area contributed by atoms with Crippen molar-refractivity contribution in [3.63, 3.8) is 0 Å². The Balaban J connectivity index is 2.19. The molecular weight excluding hydrogens is 288 g/mol. The van der Waals surface area contributed by atoms with Crippen LogP contribution in [0.25, 0.3) is 32.9 Å².